The van der Waals surface area contributed by atoms with Gasteiger partial charge >= 0.3 is 0 Å². The highest BCUT2D eigenvalue weighted by molar-refractivity contribution is 5.02. The molecule has 0 saturated carbocycles. The Morgan fingerprint density at radius 1 is 1.57 bits per heavy atom. The molecule has 1 aromatic heterocycles. The standard InChI is InChI=1S/C10H19N3O/c1-8(2)6-13-10(3-4-12-13)5-9(11)7-14/h3-4,8-9,14H,5-7,11H2,1-2H3. The van der Waals surface area contributed by atoms with E-state index in [0.29, 0.717) is 12.3 Å². The van der Waals surface area contributed by atoms with Crippen LogP contribution in [0.3, 0.4) is 0 Å². The lowest BCUT2D eigenvalue weighted by Crippen LogP contribution is -2.28. The van der Waals surface area contributed by atoms with Crippen LogP contribution in [-0.4, -0.2) is 27.5 Å². The molecule has 4 heteroatoms. The van der Waals surface area contributed by atoms with E-state index in [1.54, 1.807) is 6.20 Å². The average Bonchev–Trinajstić information content (AvgIpc) is 2.52. The third kappa shape index (κ3) is 3.12. The molecular weight excluding hydrogens is 178 g/mol. The zero-order chi connectivity index (χ0) is 10.6. The van der Waals surface area contributed by atoms with Gasteiger partial charge in [-0.25, -0.2) is 0 Å². The van der Waals surface area contributed by atoms with Gasteiger partial charge in [0.15, 0.2) is 0 Å². The Bertz CT molecular complexity index is 270. The first kappa shape index (κ1) is 11.2. The van der Waals surface area contributed by atoms with Crippen molar-refractivity contribution in [2.45, 2.75) is 32.9 Å². The predicted molar refractivity (Wildman–Crippen MR) is 55.8 cm³/mol. The summed E-state index contributed by atoms with van der Waals surface area (Å²) in [5.41, 5.74) is 6.77. The maximum atomic E-state index is 8.85. The predicted octanol–water partition coefficient (Wildman–Crippen LogP) is 0.401. The van der Waals surface area contributed by atoms with Gasteiger partial charge in [-0.3, -0.25) is 4.68 Å². The number of aromatic nitrogens is 2. The summed E-state index contributed by atoms with van der Waals surface area (Å²) in [4.78, 5) is 0. The Morgan fingerprint density at radius 3 is 2.86 bits per heavy atom. The second-order valence-corrected chi connectivity index (χ2v) is 4.05. The summed E-state index contributed by atoms with van der Waals surface area (Å²) in [5.74, 6) is 0.569. The topological polar surface area (TPSA) is 64.1 Å². The van der Waals surface area contributed by atoms with Crippen LogP contribution in [0.4, 0.5) is 0 Å². The summed E-state index contributed by atoms with van der Waals surface area (Å²) < 4.78 is 1.96. The van der Waals surface area contributed by atoms with Gasteiger partial charge in [-0.15, -0.1) is 0 Å². The molecule has 0 amide bonds. The van der Waals surface area contributed by atoms with Crippen LogP contribution in [0.1, 0.15) is 19.5 Å². The molecule has 14 heavy (non-hydrogen) atoms. The molecule has 3 N–H and O–H groups in total. The van der Waals surface area contributed by atoms with Crippen LogP contribution >= 0.6 is 0 Å². The summed E-state index contributed by atoms with van der Waals surface area (Å²) >= 11 is 0. The first-order chi connectivity index (χ1) is 6.63. The fraction of sp³-hybridized carbons (Fsp3) is 0.700. The molecule has 4 nitrogen and oxygen atoms in total. The third-order valence-electron chi connectivity index (χ3n) is 2.05. The van der Waals surface area contributed by atoms with E-state index in [9.17, 15) is 0 Å². The SMILES string of the molecule is CC(C)Cn1nccc1CC(N)CO. The van der Waals surface area contributed by atoms with Crippen LogP contribution < -0.4 is 5.73 Å². The van der Waals surface area contributed by atoms with Gasteiger partial charge in [0.25, 0.3) is 0 Å². The van der Waals surface area contributed by atoms with Crippen molar-refractivity contribution in [3.63, 3.8) is 0 Å². The minimum Gasteiger partial charge on any atom is -0.395 e. The van der Waals surface area contributed by atoms with Gasteiger partial charge in [0.05, 0.1) is 6.61 Å². The first-order valence-corrected chi connectivity index (χ1v) is 5.00. The molecule has 1 heterocycles. The number of nitrogens with two attached hydrogens (primary N) is 1. The lowest BCUT2D eigenvalue weighted by Gasteiger charge is -2.12. The molecule has 0 aliphatic rings. The Kier molecular flexibility index (Phi) is 4.10. The smallest absolute Gasteiger partial charge is 0.0586 e. The minimum absolute atomic E-state index is 0.0207. The summed E-state index contributed by atoms with van der Waals surface area (Å²) in [6, 6.07) is 1.77. The molecule has 0 saturated heterocycles. The molecule has 0 aromatic carbocycles. The molecule has 0 aliphatic carbocycles. The zero-order valence-corrected chi connectivity index (χ0v) is 8.85. The van der Waals surface area contributed by atoms with Crippen LogP contribution in [0, 0.1) is 5.92 Å². The van der Waals surface area contributed by atoms with E-state index < -0.39 is 0 Å². The van der Waals surface area contributed by atoms with Crippen molar-refractivity contribution < 1.29 is 5.11 Å². The first-order valence-electron chi connectivity index (χ1n) is 5.00. The van der Waals surface area contributed by atoms with Crippen molar-refractivity contribution >= 4 is 0 Å². The Labute approximate surface area is 84.7 Å². The summed E-state index contributed by atoms with van der Waals surface area (Å²) in [6.45, 7) is 5.22. The van der Waals surface area contributed by atoms with Crippen LogP contribution in [0.15, 0.2) is 12.3 Å². The molecular formula is C10H19N3O. The third-order valence-corrected chi connectivity index (χ3v) is 2.05. The highest BCUT2D eigenvalue weighted by Gasteiger charge is 2.08. The van der Waals surface area contributed by atoms with Crippen LogP contribution in [0.2, 0.25) is 0 Å². The van der Waals surface area contributed by atoms with Crippen molar-refractivity contribution in [2.75, 3.05) is 6.61 Å². The van der Waals surface area contributed by atoms with E-state index in [1.807, 2.05) is 10.7 Å². The van der Waals surface area contributed by atoms with Gasteiger partial charge < -0.3 is 10.8 Å². The molecule has 80 valence electrons. The van der Waals surface area contributed by atoms with E-state index in [4.69, 9.17) is 10.8 Å². The number of nitrogens with zero attached hydrogens (tertiary/aromatic N) is 2. The summed E-state index contributed by atoms with van der Waals surface area (Å²) in [7, 11) is 0. The molecule has 1 unspecified atom stereocenters. The van der Waals surface area contributed by atoms with Crippen LogP contribution in [0.5, 0.6) is 0 Å². The molecule has 0 fully saturated rings. The lowest BCUT2D eigenvalue weighted by molar-refractivity contribution is 0.263. The Hall–Kier alpha value is -0.870. The fourth-order valence-electron chi connectivity index (χ4n) is 1.38. The van der Waals surface area contributed by atoms with E-state index in [-0.39, 0.29) is 12.6 Å². The quantitative estimate of drug-likeness (QED) is 0.718. The fourth-order valence-corrected chi connectivity index (χ4v) is 1.38. The minimum atomic E-state index is -0.183. The zero-order valence-electron chi connectivity index (χ0n) is 8.85. The molecule has 0 spiro atoms. The van der Waals surface area contributed by atoms with Gasteiger partial charge in [-0.1, -0.05) is 13.8 Å². The molecule has 0 radical (unpaired) electrons. The van der Waals surface area contributed by atoms with Gasteiger partial charge in [-0.05, 0) is 12.0 Å². The highest BCUT2D eigenvalue weighted by atomic mass is 16.3. The maximum Gasteiger partial charge on any atom is 0.0586 e. The Balaban J connectivity index is 2.62. The Morgan fingerprint density at radius 2 is 2.29 bits per heavy atom. The number of rotatable bonds is 5. The van der Waals surface area contributed by atoms with Crippen molar-refractivity contribution in [2.24, 2.45) is 11.7 Å². The summed E-state index contributed by atoms with van der Waals surface area (Å²) in [6.07, 6.45) is 2.46. The second kappa shape index (κ2) is 5.12. The lowest BCUT2D eigenvalue weighted by atomic mass is 10.1. The largest absolute Gasteiger partial charge is 0.395 e. The van der Waals surface area contributed by atoms with E-state index in [1.165, 1.54) is 0 Å². The van der Waals surface area contributed by atoms with E-state index in [0.717, 1.165) is 12.2 Å². The monoisotopic (exact) mass is 197 g/mol. The van der Waals surface area contributed by atoms with Crippen molar-refractivity contribution in [1.82, 2.24) is 9.78 Å². The van der Waals surface area contributed by atoms with Gasteiger partial charge in [0, 0.05) is 30.9 Å². The van der Waals surface area contributed by atoms with E-state index in [2.05, 4.69) is 18.9 Å². The van der Waals surface area contributed by atoms with Crippen molar-refractivity contribution in [1.29, 1.82) is 0 Å². The molecule has 1 rings (SSSR count). The molecule has 1 atom stereocenters. The van der Waals surface area contributed by atoms with E-state index >= 15 is 0 Å². The van der Waals surface area contributed by atoms with Crippen molar-refractivity contribution in [3.8, 4) is 0 Å². The number of hydrogen-bond donors (Lipinski definition) is 2. The number of aliphatic hydroxyl groups excluding tert-OH is 1. The summed E-state index contributed by atoms with van der Waals surface area (Å²) in [5, 5.41) is 13.1. The number of hydrogen-bond acceptors (Lipinski definition) is 3. The molecule has 0 bridgehead atoms. The van der Waals surface area contributed by atoms with Gasteiger partial charge in [-0.2, -0.15) is 5.10 Å². The average molecular weight is 197 g/mol. The van der Waals surface area contributed by atoms with Gasteiger partial charge in [0.1, 0.15) is 0 Å². The van der Waals surface area contributed by atoms with Crippen LogP contribution in [-0.2, 0) is 13.0 Å². The second-order valence-electron chi connectivity index (χ2n) is 4.05. The van der Waals surface area contributed by atoms with Crippen LogP contribution in [0.25, 0.3) is 0 Å². The molecule has 0 aliphatic heterocycles. The van der Waals surface area contributed by atoms with Gasteiger partial charge in [0.2, 0.25) is 0 Å². The van der Waals surface area contributed by atoms with Crippen molar-refractivity contribution in [3.05, 3.63) is 18.0 Å². The normalized spacial score (nSPS) is 13.5. The highest BCUT2D eigenvalue weighted by Crippen LogP contribution is 2.05. The maximum absolute atomic E-state index is 8.85. The number of aliphatic hydroxyl groups is 1. The molecule has 1 aromatic rings.